The van der Waals surface area contributed by atoms with Crippen LogP contribution in [0.4, 0.5) is 0 Å². The van der Waals surface area contributed by atoms with Gasteiger partial charge >= 0.3 is 0 Å². The van der Waals surface area contributed by atoms with Gasteiger partial charge in [-0.25, -0.2) is 0 Å². The Morgan fingerprint density at radius 2 is 1.96 bits per heavy atom. The van der Waals surface area contributed by atoms with Crippen molar-refractivity contribution in [2.45, 2.75) is 70.6 Å². The Morgan fingerprint density at radius 1 is 1.19 bits per heavy atom. The monoisotopic (exact) mass is 386 g/mol. The molecule has 1 aliphatic heterocycles. The van der Waals surface area contributed by atoms with Crippen LogP contribution in [0.3, 0.4) is 0 Å². The minimum Gasteiger partial charge on any atom is -0.348 e. The lowest BCUT2D eigenvalue weighted by Gasteiger charge is -2.23. The van der Waals surface area contributed by atoms with E-state index in [-0.39, 0.29) is 11.9 Å². The van der Waals surface area contributed by atoms with Crippen LogP contribution in [0.25, 0.3) is 0 Å². The number of thioether (sulfide) groups is 1. The van der Waals surface area contributed by atoms with Crippen LogP contribution in [-0.4, -0.2) is 26.4 Å². The molecule has 2 heterocycles. The lowest BCUT2D eigenvalue weighted by Crippen LogP contribution is -2.33. The maximum absolute atomic E-state index is 12.6. The maximum Gasteiger partial charge on any atom is 0.230 e. The number of carbonyl (C=O) groups excluding carboxylic acids is 1. The molecule has 0 spiro atoms. The minimum absolute atomic E-state index is 0.0273. The summed E-state index contributed by atoms with van der Waals surface area (Å²) in [4.78, 5) is 12.6. The highest BCUT2D eigenvalue weighted by molar-refractivity contribution is 7.99. The largest absolute Gasteiger partial charge is 0.348 e. The Balaban J connectivity index is 1.60. The van der Waals surface area contributed by atoms with Gasteiger partial charge in [0.05, 0.1) is 11.8 Å². The standard InChI is InChI=1S/C21H30N4OS/c1-4-16-9-11-17(12-10-16)20(15(2)3)22-19(26)14-27-21-24-23-18-8-6-5-7-13-25(18)21/h9-12,15,20H,4-8,13-14H2,1-3H3,(H,22,26)/t20-/m1/s1. The van der Waals surface area contributed by atoms with Gasteiger partial charge in [0.15, 0.2) is 5.16 Å². The second-order valence-corrected chi connectivity index (χ2v) is 8.48. The molecule has 146 valence electrons. The number of hydrogen-bond acceptors (Lipinski definition) is 4. The summed E-state index contributed by atoms with van der Waals surface area (Å²) in [6.45, 7) is 7.40. The lowest BCUT2D eigenvalue weighted by molar-refractivity contribution is -0.119. The van der Waals surface area contributed by atoms with Gasteiger partial charge in [-0.15, -0.1) is 10.2 Å². The number of fused-ring (bicyclic) bond motifs is 1. The molecule has 1 atom stereocenters. The number of aromatic nitrogens is 3. The van der Waals surface area contributed by atoms with Crippen molar-refractivity contribution in [3.63, 3.8) is 0 Å². The predicted molar refractivity (Wildman–Crippen MR) is 110 cm³/mol. The second-order valence-electron chi connectivity index (χ2n) is 7.53. The fraction of sp³-hybridized carbons (Fsp3) is 0.571. The summed E-state index contributed by atoms with van der Waals surface area (Å²) in [5, 5.41) is 12.7. The Kier molecular flexibility index (Phi) is 6.94. The molecule has 2 aromatic rings. The lowest BCUT2D eigenvalue weighted by atomic mass is 9.95. The molecular weight excluding hydrogens is 356 g/mol. The first-order valence-corrected chi connectivity index (χ1v) is 11.0. The van der Waals surface area contributed by atoms with Crippen molar-refractivity contribution in [3.05, 3.63) is 41.2 Å². The molecule has 1 amide bonds. The van der Waals surface area contributed by atoms with Gasteiger partial charge in [-0.1, -0.05) is 63.2 Å². The molecule has 0 saturated heterocycles. The van der Waals surface area contributed by atoms with Gasteiger partial charge in [-0.2, -0.15) is 0 Å². The first-order valence-electron chi connectivity index (χ1n) is 10.0. The van der Waals surface area contributed by atoms with Crippen molar-refractivity contribution in [1.29, 1.82) is 0 Å². The third-order valence-electron chi connectivity index (χ3n) is 5.14. The number of amides is 1. The van der Waals surface area contributed by atoms with Crippen LogP contribution in [0.15, 0.2) is 29.4 Å². The molecule has 1 aliphatic rings. The molecule has 0 aliphatic carbocycles. The van der Waals surface area contributed by atoms with Gasteiger partial charge in [0, 0.05) is 13.0 Å². The van der Waals surface area contributed by atoms with Crippen LogP contribution in [0.1, 0.15) is 63.0 Å². The highest BCUT2D eigenvalue weighted by Gasteiger charge is 2.20. The quantitative estimate of drug-likeness (QED) is 0.726. The molecule has 27 heavy (non-hydrogen) atoms. The second kappa shape index (κ2) is 9.40. The molecule has 6 heteroatoms. The zero-order valence-corrected chi connectivity index (χ0v) is 17.4. The number of nitrogens with one attached hydrogen (secondary N) is 1. The summed E-state index contributed by atoms with van der Waals surface area (Å²) < 4.78 is 2.19. The Hall–Kier alpha value is -1.82. The number of carbonyl (C=O) groups is 1. The summed E-state index contributed by atoms with van der Waals surface area (Å²) in [5.41, 5.74) is 2.48. The van der Waals surface area contributed by atoms with E-state index in [0.717, 1.165) is 42.4 Å². The summed E-state index contributed by atoms with van der Waals surface area (Å²) >= 11 is 1.49. The number of benzene rings is 1. The molecule has 3 rings (SSSR count). The number of hydrogen-bond donors (Lipinski definition) is 1. The number of aryl methyl sites for hydroxylation is 2. The molecule has 1 N–H and O–H groups in total. The van der Waals surface area contributed by atoms with Gasteiger partial charge in [0.2, 0.25) is 5.91 Å². The molecular formula is C21H30N4OS. The van der Waals surface area contributed by atoms with Gasteiger partial charge in [0.25, 0.3) is 0 Å². The SMILES string of the molecule is CCc1ccc([C@H](NC(=O)CSc2nnc3n2CCCCC3)C(C)C)cc1. The normalized spacial score (nSPS) is 15.3. The third-order valence-corrected chi connectivity index (χ3v) is 6.10. The van der Waals surface area contributed by atoms with Crippen LogP contribution < -0.4 is 5.32 Å². The molecule has 0 radical (unpaired) electrons. The zero-order chi connectivity index (χ0) is 19.2. The van der Waals surface area contributed by atoms with Gasteiger partial charge in [-0.05, 0) is 36.3 Å². The van der Waals surface area contributed by atoms with Crippen molar-refractivity contribution in [1.82, 2.24) is 20.1 Å². The summed E-state index contributed by atoms with van der Waals surface area (Å²) in [6, 6.07) is 8.60. The van der Waals surface area contributed by atoms with Crippen LogP contribution in [-0.2, 0) is 24.2 Å². The first-order chi connectivity index (χ1) is 13.1. The average molecular weight is 387 g/mol. The van der Waals surface area contributed by atoms with E-state index in [1.165, 1.54) is 30.2 Å². The van der Waals surface area contributed by atoms with Crippen LogP contribution in [0.2, 0.25) is 0 Å². The van der Waals surface area contributed by atoms with E-state index >= 15 is 0 Å². The maximum atomic E-state index is 12.6. The third kappa shape index (κ3) is 5.12. The minimum atomic E-state index is 0.0273. The highest BCUT2D eigenvalue weighted by atomic mass is 32.2. The van der Waals surface area contributed by atoms with Crippen LogP contribution in [0, 0.1) is 5.92 Å². The smallest absolute Gasteiger partial charge is 0.230 e. The summed E-state index contributed by atoms with van der Waals surface area (Å²) in [5.74, 6) is 1.81. The number of nitrogens with zero attached hydrogens (tertiary/aromatic N) is 3. The zero-order valence-electron chi connectivity index (χ0n) is 16.6. The van der Waals surface area contributed by atoms with E-state index in [2.05, 4.69) is 65.1 Å². The fourth-order valence-electron chi connectivity index (χ4n) is 3.51. The Morgan fingerprint density at radius 3 is 2.67 bits per heavy atom. The van der Waals surface area contributed by atoms with Crippen LogP contribution in [0.5, 0.6) is 0 Å². The van der Waals surface area contributed by atoms with Crippen molar-refractivity contribution in [2.24, 2.45) is 5.92 Å². The van der Waals surface area contributed by atoms with Crippen molar-refractivity contribution in [2.75, 3.05) is 5.75 Å². The van der Waals surface area contributed by atoms with E-state index in [4.69, 9.17) is 0 Å². The number of rotatable bonds is 7. The molecule has 0 unspecified atom stereocenters. The van der Waals surface area contributed by atoms with Crippen molar-refractivity contribution >= 4 is 17.7 Å². The molecule has 1 aromatic carbocycles. The van der Waals surface area contributed by atoms with Gasteiger partial charge in [0.1, 0.15) is 5.82 Å². The van der Waals surface area contributed by atoms with E-state index in [9.17, 15) is 4.79 Å². The molecule has 0 bridgehead atoms. The average Bonchev–Trinajstić information content (AvgIpc) is 2.90. The van der Waals surface area contributed by atoms with Crippen molar-refractivity contribution in [3.8, 4) is 0 Å². The van der Waals surface area contributed by atoms with E-state index < -0.39 is 0 Å². The highest BCUT2D eigenvalue weighted by Crippen LogP contribution is 2.24. The topological polar surface area (TPSA) is 59.8 Å². The predicted octanol–water partition coefficient (Wildman–Crippen LogP) is 4.17. The molecule has 0 saturated carbocycles. The molecule has 1 aromatic heterocycles. The molecule has 0 fully saturated rings. The van der Waals surface area contributed by atoms with Crippen LogP contribution >= 0.6 is 11.8 Å². The van der Waals surface area contributed by atoms with E-state index in [0.29, 0.717) is 11.7 Å². The van der Waals surface area contributed by atoms with Crippen molar-refractivity contribution < 1.29 is 4.79 Å². The van der Waals surface area contributed by atoms with Gasteiger partial charge < -0.3 is 9.88 Å². The van der Waals surface area contributed by atoms with Gasteiger partial charge in [-0.3, -0.25) is 4.79 Å². The first kappa shape index (κ1) is 19.9. The summed E-state index contributed by atoms with van der Waals surface area (Å²) in [7, 11) is 0. The van der Waals surface area contributed by atoms with E-state index in [1.54, 1.807) is 0 Å². The Labute approximate surface area is 166 Å². The Bertz CT molecular complexity index is 754. The van der Waals surface area contributed by atoms with E-state index in [1.807, 2.05) is 0 Å². The molecule has 5 nitrogen and oxygen atoms in total. The fourth-order valence-corrected chi connectivity index (χ4v) is 4.30. The summed E-state index contributed by atoms with van der Waals surface area (Å²) in [6.07, 6.45) is 5.59.